The van der Waals surface area contributed by atoms with Crippen LogP contribution in [-0.2, 0) is 9.59 Å². The van der Waals surface area contributed by atoms with Crippen molar-refractivity contribution < 1.29 is 9.59 Å². The number of hydrogen-bond donors (Lipinski definition) is 0. The first kappa shape index (κ1) is 11.7. The Morgan fingerprint density at radius 2 is 1.92 bits per heavy atom. The van der Waals surface area contributed by atoms with Gasteiger partial charge in [0.25, 0.3) is 0 Å². The van der Waals surface area contributed by atoms with Crippen molar-refractivity contribution in [2.24, 2.45) is 0 Å². The molecule has 0 saturated heterocycles. The Kier molecular flexibility index (Phi) is 6.03. The molecule has 0 radical (unpaired) electrons. The van der Waals surface area contributed by atoms with Crippen molar-refractivity contribution in [2.75, 3.05) is 0 Å². The number of hydrogen-bond acceptors (Lipinski definition) is 2. The van der Waals surface area contributed by atoms with Gasteiger partial charge in [0.2, 0.25) is 10.5 Å². The van der Waals surface area contributed by atoms with Gasteiger partial charge in [0.1, 0.15) is 0 Å². The molecule has 0 atom stereocenters. The van der Waals surface area contributed by atoms with E-state index in [2.05, 4.69) is 0 Å². The average molecular weight is 209 g/mol. The molecular formula is C8H10Cl2O2. The van der Waals surface area contributed by atoms with Crippen LogP contribution in [0.2, 0.25) is 0 Å². The second-order valence-electron chi connectivity index (χ2n) is 2.35. The lowest BCUT2D eigenvalue weighted by molar-refractivity contribution is -0.110. The fourth-order valence-corrected chi connectivity index (χ4v) is 1.01. The van der Waals surface area contributed by atoms with E-state index >= 15 is 0 Å². The van der Waals surface area contributed by atoms with E-state index < -0.39 is 10.5 Å². The van der Waals surface area contributed by atoms with Gasteiger partial charge < -0.3 is 0 Å². The Balaban J connectivity index is 4.23. The third-order valence-electron chi connectivity index (χ3n) is 1.34. The highest BCUT2D eigenvalue weighted by Crippen LogP contribution is 2.11. The number of rotatable bonds is 5. The van der Waals surface area contributed by atoms with E-state index in [0.29, 0.717) is 12.0 Å². The number of carbonyl (C=O) groups is 2. The summed E-state index contributed by atoms with van der Waals surface area (Å²) in [5, 5.41) is -1.26. The highest BCUT2D eigenvalue weighted by Gasteiger charge is 2.06. The van der Waals surface area contributed by atoms with Crippen LogP contribution in [0, 0.1) is 0 Å². The van der Waals surface area contributed by atoms with Crippen molar-refractivity contribution in [1.29, 1.82) is 0 Å². The summed E-state index contributed by atoms with van der Waals surface area (Å²) in [4.78, 5) is 21.1. The minimum atomic E-state index is -0.657. The highest BCUT2D eigenvalue weighted by molar-refractivity contribution is 6.70. The van der Waals surface area contributed by atoms with Crippen molar-refractivity contribution in [3.05, 3.63) is 11.6 Å². The molecule has 0 aromatic rings. The largest absolute Gasteiger partial charge is 0.276 e. The van der Waals surface area contributed by atoms with Gasteiger partial charge in [0, 0.05) is 11.6 Å². The molecule has 0 heterocycles. The molecule has 4 heteroatoms. The van der Waals surface area contributed by atoms with Crippen LogP contribution in [0.4, 0.5) is 0 Å². The summed E-state index contributed by atoms with van der Waals surface area (Å²) in [7, 11) is 0. The van der Waals surface area contributed by atoms with Crippen LogP contribution in [0.3, 0.4) is 0 Å². The van der Waals surface area contributed by atoms with E-state index in [-0.39, 0.29) is 0 Å². The molecule has 0 aromatic carbocycles. The first-order valence-electron chi connectivity index (χ1n) is 3.67. The van der Waals surface area contributed by atoms with Crippen LogP contribution in [-0.4, -0.2) is 10.5 Å². The van der Waals surface area contributed by atoms with E-state index in [1.807, 2.05) is 6.92 Å². The lowest BCUT2D eigenvalue weighted by Gasteiger charge is -1.97. The molecule has 0 saturated carbocycles. The van der Waals surface area contributed by atoms with Gasteiger partial charge >= 0.3 is 0 Å². The molecule has 0 rings (SSSR count). The molecular weight excluding hydrogens is 199 g/mol. The summed E-state index contributed by atoms with van der Waals surface area (Å²) in [5.41, 5.74) is 0.290. The smallest absolute Gasteiger partial charge is 0.248 e. The predicted molar refractivity (Wildman–Crippen MR) is 49.3 cm³/mol. The molecule has 0 aliphatic heterocycles. The lowest BCUT2D eigenvalue weighted by atomic mass is 10.1. The van der Waals surface area contributed by atoms with Crippen LogP contribution in [0.15, 0.2) is 11.6 Å². The highest BCUT2D eigenvalue weighted by atomic mass is 35.5. The fourth-order valence-electron chi connectivity index (χ4n) is 0.731. The van der Waals surface area contributed by atoms with Crippen LogP contribution < -0.4 is 0 Å². The van der Waals surface area contributed by atoms with Crippen molar-refractivity contribution in [3.63, 3.8) is 0 Å². The van der Waals surface area contributed by atoms with E-state index in [1.54, 1.807) is 0 Å². The predicted octanol–water partition coefficient (Wildman–Crippen LogP) is 2.63. The molecule has 68 valence electrons. The van der Waals surface area contributed by atoms with E-state index in [1.165, 1.54) is 0 Å². The van der Waals surface area contributed by atoms with Crippen LogP contribution in [0.5, 0.6) is 0 Å². The molecule has 0 spiro atoms. The SMILES string of the molecule is CCCC/C(=C\C(=O)Cl)C(=O)Cl. The summed E-state index contributed by atoms with van der Waals surface area (Å²) < 4.78 is 0. The summed E-state index contributed by atoms with van der Waals surface area (Å²) in [5.74, 6) is 0. The zero-order chi connectivity index (χ0) is 9.56. The molecule has 0 aliphatic rings. The molecule has 12 heavy (non-hydrogen) atoms. The molecule has 0 N–H and O–H groups in total. The van der Waals surface area contributed by atoms with Crippen molar-refractivity contribution in [3.8, 4) is 0 Å². The average Bonchev–Trinajstić information content (AvgIpc) is 1.96. The maximum Gasteiger partial charge on any atom is 0.248 e. The first-order chi connectivity index (χ1) is 5.57. The molecule has 2 nitrogen and oxygen atoms in total. The molecule has 0 fully saturated rings. The Morgan fingerprint density at radius 1 is 1.33 bits per heavy atom. The van der Waals surface area contributed by atoms with Crippen molar-refractivity contribution in [1.82, 2.24) is 0 Å². The second-order valence-corrected chi connectivity index (χ2v) is 3.07. The van der Waals surface area contributed by atoms with Gasteiger partial charge in [-0.1, -0.05) is 13.3 Å². The van der Waals surface area contributed by atoms with Gasteiger partial charge in [-0.3, -0.25) is 9.59 Å². The monoisotopic (exact) mass is 208 g/mol. The van der Waals surface area contributed by atoms with E-state index in [4.69, 9.17) is 23.2 Å². The zero-order valence-electron chi connectivity index (χ0n) is 6.77. The molecule has 0 amide bonds. The third kappa shape index (κ3) is 5.33. The van der Waals surface area contributed by atoms with Gasteiger partial charge in [0.05, 0.1) is 0 Å². The fraction of sp³-hybridized carbons (Fsp3) is 0.500. The topological polar surface area (TPSA) is 34.1 Å². The van der Waals surface area contributed by atoms with Gasteiger partial charge in [-0.25, -0.2) is 0 Å². The number of carbonyl (C=O) groups excluding carboxylic acids is 2. The van der Waals surface area contributed by atoms with Gasteiger partial charge in [-0.15, -0.1) is 0 Å². The maximum atomic E-state index is 10.7. The van der Waals surface area contributed by atoms with Crippen LogP contribution in [0.25, 0.3) is 0 Å². The molecule has 0 aromatic heterocycles. The Bertz CT molecular complexity index is 209. The standard InChI is InChI=1S/C8H10Cl2O2/c1-2-3-4-6(8(10)12)5-7(9)11/h5H,2-4H2,1H3/b6-5+. The zero-order valence-corrected chi connectivity index (χ0v) is 8.28. The summed E-state index contributed by atoms with van der Waals surface area (Å²) in [6.07, 6.45) is 3.36. The minimum Gasteiger partial charge on any atom is -0.276 e. The minimum absolute atomic E-state index is 0.290. The number of allylic oxidation sites excluding steroid dienone is 2. The maximum absolute atomic E-state index is 10.7. The number of halogens is 2. The molecule has 0 aliphatic carbocycles. The van der Waals surface area contributed by atoms with Crippen LogP contribution >= 0.6 is 23.2 Å². The van der Waals surface area contributed by atoms with Crippen LogP contribution in [0.1, 0.15) is 26.2 Å². The summed E-state index contributed by atoms with van der Waals surface area (Å²) in [6.45, 7) is 1.98. The Hall–Kier alpha value is -0.340. The van der Waals surface area contributed by atoms with Gasteiger partial charge in [0.15, 0.2) is 0 Å². The van der Waals surface area contributed by atoms with E-state index in [0.717, 1.165) is 18.9 Å². The quantitative estimate of drug-likeness (QED) is 0.515. The molecule has 0 bridgehead atoms. The van der Waals surface area contributed by atoms with Crippen molar-refractivity contribution in [2.45, 2.75) is 26.2 Å². The Labute approximate surface area is 81.5 Å². The molecule has 0 unspecified atom stereocenters. The summed E-state index contributed by atoms with van der Waals surface area (Å²) in [6, 6.07) is 0. The third-order valence-corrected chi connectivity index (χ3v) is 1.69. The Morgan fingerprint density at radius 3 is 2.25 bits per heavy atom. The van der Waals surface area contributed by atoms with E-state index in [9.17, 15) is 9.59 Å². The summed E-state index contributed by atoms with van der Waals surface area (Å²) >= 11 is 10.3. The van der Waals surface area contributed by atoms with Gasteiger partial charge in [-0.2, -0.15) is 0 Å². The van der Waals surface area contributed by atoms with Crippen molar-refractivity contribution >= 4 is 33.7 Å². The normalized spacial score (nSPS) is 11.4. The number of unbranched alkanes of at least 4 members (excludes halogenated alkanes) is 1. The second kappa shape index (κ2) is 6.21. The van der Waals surface area contributed by atoms with Gasteiger partial charge in [-0.05, 0) is 36.0 Å². The first-order valence-corrected chi connectivity index (χ1v) is 4.43. The lowest BCUT2D eigenvalue weighted by Crippen LogP contribution is -1.96.